The van der Waals surface area contributed by atoms with Crippen molar-refractivity contribution in [3.05, 3.63) is 11.6 Å². The summed E-state index contributed by atoms with van der Waals surface area (Å²) >= 11 is 0. The predicted octanol–water partition coefficient (Wildman–Crippen LogP) is 0.0110. The van der Waals surface area contributed by atoms with Gasteiger partial charge in [-0.3, -0.25) is 9.59 Å². The lowest BCUT2D eigenvalue weighted by Crippen LogP contribution is -2.44. The molecular weight excluding hydrogens is 168 g/mol. The standard InChI is InChI=1S/C9H12N2O2/c1-6-4-5-11(9(6)13)7-2-3-8(12)10-7/h4,7H,2-3,5H2,1H3,(H,10,12). The van der Waals surface area contributed by atoms with Crippen molar-refractivity contribution in [3.63, 3.8) is 0 Å². The van der Waals surface area contributed by atoms with E-state index >= 15 is 0 Å². The van der Waals surface area contributed by atoms with E-state index < -0.39 is 0 Å². The monoisotopic (exact) mass is 180 g/mol. The third-order valence-electron chi connectivity index (χ3n) is 2.54. The van der Waals surface area contributed by atoms with Crippen LogP contribution in [0.4, 0.5) is 0 Å². The first kappa shape index (κ1) is 8.29. The van der Waals surface area contributed by atoms with Gasteiger partial charge in [-0.25, -0.2) is 0 Å². The molecule has 2 aliphatic heterocycles. The lowest BCUT2D eigenvalue weighted by Gasteiger charge is -2.23. The second-order valence-corrected chi connectivity index (χ2v) is 3.47. The van der Waals surface area contributed by atoms with Crippen LogP contribution in [-0.4, -0.2) is 29.4 Å². The summed E-state index contributed by atoms with van der Waals surface area (Å²) in [5, 5.41) is 2.78. The Balaban J connectivity index is 2.04. The lowest BCUT2D eigenvalue weighted by molar-refractivity contribution is -0.128. The van der Waals surface area contributed by atoms with Crippen molar-refractivity contribution in [3.8, 4) is 0 Å². The maximum atomic E-state index is 11.5. The minimum Gasteiger partial charge on any atom is -0.336 e. The summed E-state index contributed by atoms with van der Waals surface area (Å²) in [5.74, 6) is 0.0922. The molecule has 1 saturated heterocycles. The molecule has 70 valence electrons. The Kier molecular flexibility index (Phi) is 1.83. The Bertz CT molecular complexity index is 296. The highest BCUT2D eigenvalue weighted by Gasteiger charge is 2.32. The van der Waals surface area contributed by atoms with Crippen molar-refractivity contribution in [1.82, 2.24) is 10.2 Å². The number of rotatable bonds is 1. The zero-order chi connectivity index (χ0) is 9.42. The molecule has 13 heavy (non-hydrogen) atoms. The van der Waals surface area contributed by atoms with E-state index in [2.05, 4.69) is 5.32 Å². The van der Waals surface area contributed by atoms with Crippen LogP contribution in [0.1, 0.15) is 19.8 Å². The number of nitrogens with one attached hydrogen (secondary N) is 1. The highest BCUT2D eigenvalue weighted by molar-refractivity contribution is 5.95. The molecule has 0 bridgehead atoms. The van der Waals surface area contributed by atoms with Crippen LogP contribution < -0.4 is 5.32 Å². The van der Waals surface area contributed by atoms with Crippen LogP contribution in [0.15, 0.2) is 11.6 Å². The maximum absolute atomic E-state index is 11.5. The van der Waals surface area contributed by atoms with E-state index in [9.17, 15) is 9.59 Å². The van der Waals surface area contributed by atoms with E-state index in [0.717, 1.165) is 12.0 Å². The molecule has 4 nitrogen and oxygen atoms in total. The Hall–Kier alpha value is -1.32. The predicted molar refractivity (Wildman–Crippen MR) is 46.6 cm³/mol. The van der Waals surface area contributed by atoms with E-state index in [-0.39, 0.29) is 18.0 Å². The summed E-state index contributed by atoms with van der Waals surface area (Å²) in [7, 11) is 0. The number of amides is 2. The molecule has 1 fully saturated rings. The fourth-order valence-electron chi connectivity index (χ4n) is 1.73. The molecule has 0 aromatic carbocycles. The summed E-state index contributed by atoms with van der Waals surface area (Å²) in [5.41, 5.74) is 0.779. The van der Waals surface area contributed by atoms with Gasteiger partial charge in [-0.15, -0.1) is 0 Å². The largest absolute Gasteiger partial charge is 0.336 e. The Morgan fingerprint density at radius 1 is 1.54 bits per heavy atom. The SMILES string of the molecule is CC1=CCN(C2CCC(=O)N2)C1=O. The minimum absolute atomic E-state index is 0.0438. The van der Waals surface area contributed by atoms with Crippen LogP contribution in [-0.2, 0) is 9.59 Å². The number of hydrogen-bond donors (Lipinski definition) is 1. The van der Waals surface area contributed by atoms with Crippen LogP contribution in [0.3, 0.4) is 0 Å². The van der Waals surface area contributed by atoms with E-state index in [1.165, 1.54) is 0 Å². The molecular formula is C9H12N2O2. The zero-order valence-corrected chi connectivity index (χ0v) is 7.54. The second kappa shape index (κ2) is 2.87. The van der Waals surface area contributed by atoms with Crippen LogP contribution in [0.5, 0.6) is 0 Å². The Morgan fingerprint density at radius 2 is 2.31 bits per heavy atom. The van der Waals surface area contributed by atoms with Gasteiger partial charge in [-0.1, -0.05) is 6.08 Å². The van der Waals surface area contributed by atoms with E-state index in [0.29, 0.717) is 13.0 Å². The quantitative estimate of drug-likeness (QED) is 0.618. The van der Waals surface area contributed by atoms with Gasteiger partial charge < -0.3 is 10.2 Å². The Labute approximate surface area is 76.6 Å². The van der Waals surface area contributed by atoms with Gasteiger partial charge in [-0.2, -0.15) is 0 Å². The number of carbonyl (C=O) groups excluding carboxylic acids is 2. The summed E-state index contributed by atoms with van der Waals surface area (Å²) in [4.78, 5) is 24.1. The number of nitrogens with zero attached hydrogens (tertiary/aromatic N) is 1. The van der Waals surface area contributed by atoms with Gasteiger partial charge >= 0.3 is 0 Å². The second-order valence-electron chi connectivity index (χ2n) is 3.47. The van der Waals surface area contributed by atoms with Crippen molar-refractivity contribution in [2.24, 2.45) is 0 Å². The molecule has 0 aliphatic carbocycles. The van der Waals surface area contributed by atoms with Crippen LogP contribution >= 0.6 is 0 Å². The van der Waals surface area contributed by atoms with Gasteiger partial charge in [0.25, 0.3) is 5.91 Å². The number of hydrogen-bond acceptors (Lipinski definition) is 2. The fourth-order valence-corrected chi connectivity index (χ4v) is 1.73. The average molecular weight is 180 g/mol. The maximum Gasteiger partial charge on any atom is 0.251 e. The van der Waals surface area contributed by atoms with Gasteiger partial charge in [0.2, 0.25) is 5.91 Å². The van der Waals surface area contributed by atoms with Gasteiger partial charge in [0.05, 0.1) is 0 Å². The summed E-state index contributed by atoms with van der Waals surface area (Å²) < 4.78 is 0. The third-order valence-corrected chi connectivity index (χ3v) is 2.54. The van der Waals surface area contributed by atoms with Gasteiger partial charge in [0, 0.05) is 18.5 Å². The summed E-state index contributed by atoms with van der Waals surface area (Å²) in [6, 6.07) is 0. The molecule has 0 saturated carbocycles. The molecule has 1 N–H and O–H groups in total. The molecule has 0 spiro atoms. The highest BCUT2D eigenvalue weighted by Crippen LogP contribution is 2.18. The average Bonchev–Trinajstić information content (AvgIpc) is 2.62. The Morgan fingerprint density at radius 3 is 2.77 bits per heavy atom. The first-order valence-electron chi connectivity index (χ1n) is 4.45. The molecule has 0 radical (unpaired) electrons. The van der Waals surface area contributed by atoms with Crippen LogP contribution in [0.2, 0.25) is 0 Å². The van der Waals surface area contributed by atoms with Crippen molar-refractivity contribution in [1.29, 1.82) is 0 Å². The molecule has 2 amide bonds. The minimum atomic E-state index is -0.0753. The van der Waals surface area contributed by atoms with Crippen molar-refractivity contribution in [2.45, 2.75) is 25.9 Å². The third kappa shape index (κ3) is 1.32. The van der Waals surface area contributed by atoms with E-state index in [4.69, 9.17) is 0 Å². The molecule has 1 atom stereocenters. The highest BCUT2D eigenvalue weighted by atomic mass is 16.2. The van der Waals surface area contributed by atoms with Gasteiger partial charge in [0.1, 0.15) is 6.17 Å². The molecule has 0 aromatic heterocycles. The molecule has 2 rings (SSSR count). The topological polar surface area (TPSA) is 49.4 Å². The molecule has 4 heteroatoms. The van der Waals surface area contributed by atoms with E-state index in [1.807, 2.05) is 6.08 Å². The summed E-state index contributed by atoms with van der Waals surface area (Å²) in [6.07, 6.45) is 3.10. The van der Waals surface area contributed by atoms with E-state index in [1.54, 1.807) is 11.8 Å². The lowest BCUT2D eigenvalue weighted by atomic mass is 10.3. The zero-order valence-electron chi connectivity index (χ0n) is 7.54. The van der Waals surface area contributed by atoms with Crippen molar-refractivity contribution in [2.75, 3.05) is 6.54 Å². The molecule has 1 unspecified atom stereocenters. The first-order valence-corrected chi connectivity index (χ1v) is 4.45. The molecule has 2 aliphatic rings. The molecule has 2 heterocycles. The fraction of sp³-hybridized carbons (Fsp3) is 0.556. The van der Waals surface area contributed by atoms with Gasteiger partial charge in [0.15, 0.2) is 0 Å². The molecule has 0 aromatic rings. The first-order chi connectivity index (χ1) is 6.18. The summed E-state index contributed by atoms with van der Waals surface area (Å²) in [6.45, 7) is 2.44. The number of carbonyl (C=O) groups is 2. The normalized spacial score (nSPS) is 27.9. The van der Waals surface area contributed by atoms with Crippen molar-refractivity contribution < 1.29 is 9.59 Å². The van der Waals surface area contributed by atoms with Gasteiger partial charge in [-0.05, 0) is 13.3 Å². The smallest absolute Gasteiger partial charge is 0.251 e. The van der Waals surface area contributed by atoms with Crippen molar-refractivity contribution >= 4 is 11.8 Å². The van der Waals surface area contributed by atoms with Crippen LogP contribution in [0, 0.1) is 0 Å². The van der Waals surface area contributed by atoms with Crippen LogP contribution in [0.25, 0.3) is 0 Å².